The van der Waals surface area contributed by atoms with Gasteiger partial charge in [-0.1, -0.05) is 84.4 Å². The lowest BCUT2D eigenvalue weighted by Gasteiger charge is -2.04. The average Bonchev–Trinajstić information content (AvgIpc) is 3.25. The fourth-order valence-corrected chi connectivity index (χ4v) is 3.48. The first-order valence-electron chi connectivity index (χ1n) is 10.3. The molecule has 31 heavy (non-hydrogen) atoms. The number of rotatable bonds is 8. The first-order chi connectivity index (χ1) is 15.2. The highest BCUT2D eigenvalue weighted by Gasteiger charge is 2.17. The van der Waals surface area contributed by atoms with Crippen molar-refractivity contribution < 1.29 is 9.21 Å². The minimum absolute atomic E-state index is 0.0188. The summed E-state index contributed by atoms with van der Waals surface area (Å²) in [4.78, 5) is 17.0. The van der Waals surface area contributed by atoms with Gasteiger partial charge in [-0.2, -0.15) is 0 Å². The van der Waals surface area contributed by atoms with E-state index in [2.05, 4.69) is 5.32 Å². The monoisotopic (exact) mass is 430 g/mol. The first kappa shape index (κ1) is 20.9. The summed E-state index contributed by atoms with van der Waals surface area (Å²) < 4.78 is 6.09. The van der Waals surface area contributed by atoms with Crippen molar-refractivity contribution in [3.05, 3.63) is 101 Å². The Morgan fingerprint density at radius 2 is 1.48 bits per heavy atom. The predicted octanol–water partition coefficient (Wildman–Crippen LogP) is 5.95. The van der Waals surface area contributed by atoms with Gasteiger partial charge in [0.2, 0.25) is 5.91 Å². The molecule has 0 bridgehead atoms. The third-order valence-corrected chi connectivity index (χ3v) is 5.22. The van der Waals surface area contributed by atoms with Gasteiger partial charge >= 0.3 is 0 Å². The number of aromatic nitrogens is 1. The summed E-state index contributed by atoms with van der Waals surface area (Å²) in [5, 5.41) is 3.67. The Morgan fingerprint density at radius 1 is 0.839 bits per heavy atom. The summed E-state index contributed by atoms with van der Waals surface area (Å²) >= 11 is 5.90. The zero-order chi connectivity index (χ0) is 21.5. The Balaban J connectivity index is 1.39. The van der Waals surface area contributed by atoms with Gasteiger partial charge in [0.15, 0.2) is 11.7 Å². The van der Waals surface area contributed by atoms with Gasteiger partial charge in [-0.25, -0.2) is 4.98 Å². The van der Waals surface area contributed by atoms with Gasteiger partial charge in [-0.15, -0.1) is 0 Å². The number of oxazole rings is 1. The molecule has 0 fully saturated rings. The van der Waals surface area contributed by atoms with Gasteiger partial charge in [0, 0.05) is 35.5 Å². The molecule has 3 aromatic carbocycles. The topological polar surface area (TPSA) is 55.1 Å². The number of hydrogen-bond donors (Lipinski definition) is 1. The van der Waals surface area contributed by atoms with E-state index in [0.29, 0.717) is 30.3 Å². The molecular weight excluding hydrogens is 408 g/mol. The normalized spacial score (nSPS) is 10.7. The van der Waals surface area contributed by atoms with Crippen LogP contribution in [0, 0.1) is 0 Å². The maximum absolute atomic E-state index is 12.3. The van der Waals surface area contributed by atoms with E-state index in [4.69, 9.17) is 21.0 Å². The number of carbonyl (C=O) groups excluding carboxylic acids is 1. The summed E-state index contributed by atoms with van der Waals surface area (Å²) in [6.45, 7) is 0.580. The average molecular weight is 431 g/mol. The minimum atomic E-state index is -0.0188. The van der Waals surface area contributed by atoms with Gasteiger partial charge in [-0.3, -0.25) is 4.79 Å². The summed E-state index contributed by atoms with van der Waals surface area (Å²) in [6.07, 6.45) is 1.53. The quantitative estimate of drug-likeness (QED) is 0.375. The maximum atomic E-state index is 12.3. The molecule has 0 radical (unpaired) electrons. The molecule has 0 atom stereocenters. The lowest BCUT2D eigenvalue weighted by atomic mass is 10.1. The summed E-state index contributed by atoms with van der Waals surface area (Å²) in [6, 6.07) is 27.5. The summed E-state index contributed by atoms with van der Waals surface area (Å²) in [7, 11) is 0. The number of hydrogen-bond acceptors (Lipinski definition) is 3. The Hall–Kier alpha value is -3.37. The molecule has 0 aliphatic carbocycles. The molecule has 156 valence electrons. The van der Waals surface area contributed by atoms with Crippen LogP contribution in [0.4, 0.5) is 0 Å². The van der Waals surface area contributed by atoms with Crippen molar-refractivity contribution >= 4 is 17.5 Å². The fraction of sp³-hybridized carbons (Fsp3) is 0.154. The summed E-state index contributed by atoms with van der Waals surface area (Å²) in [5.41, 5.74) is 3.89. The second-order valence-electron chi connectivity index (χ2n) is 7.24. The highest BCUT2D eigenvalue weighted by atomic mass is 35.5. The van der Waals surface area contributed by atoms with Crippen molar-refractivity contribution in [2.24, 2.45) is 0 Å². The van der Waals surface area contributed by atoms with Crippen LogP contribution < -0.4 is 5.32 Å². The van der Waals surface area contributed by atoms with Crippen LogP contribution in [0.2, 0.25) is 5.02 Å². The second-order valence-corrected chi connectivity index (χ2v) is 7.68. The predicted molar refractivity (Wildman–Crippen MR) is 124 cm³/mol. The van der Waals surface area contributed by atoms with E-state index in [9.17, 15) is 4.79 Å². The number of aryl methyl sites for hydroxylation is 1. The minimum Gasteiger partial charge on any atom is -0.440 e. The van der Waals surface area contributed by atoms with E-state index in [0.717, 1.165) is 34.6 Å². The smallest absolute Gasteiger partial charge is 0.220 e. The highest BCUT2D eigenvalue weighted by molar-refractivity contribution is 6.30. The number of amides is 1. The molecule has 1 aromatic heterocycles. The third-order valence-electron chi connectivity index (χ3n) is 4.97. The molecule has 1 N–H and O–H groups in total. The van der Waals surface area contributed by atoms with Crippen molar-refractivity contribution in [2.75, 3.05) is 6.54 Å². The number of nitrogens with zero attached hydrogens (tertiary/aromatic N) is 1. The molecular formula is C26H23ClN2O2. The standard InChI is InChI=1S/C26H23ClN2O2/c27-22-13-11-19(12-14-22)17-18-28-23(30)15-16-24-29-25(20-7-3-1-4-8-20)26(31-24)21-9-5-2-6-10-21/h1-14H,15-18H2,(H,28,30). The van der Waals surface area contributed by atoms with E-state index in [-0.39, 0.29) is 5.91 Å². The molecule has 5 heteroatoms. The van der Waals surface area contributed by atoms with E-state index in [1.165, 1.54) is 0 Å². The van der Waals surface area contributed by atoms with Gasteiger partial charge in [0.05, 0.1) is 0 Å². The Bertz CT molecular complexity index is 1070. The zero-order valence-electron chi connectivity index (χ0n) is 17.1. The molecule has 4 aromatic rings. The van der Waals surface area contributed by atoms with E-state index >= 15 is 0 Å². The molecule has 0 unspecified atom stereocenters. The van der Waals surface area contributed by atoms with Crippen molar-refractivity contribution in [1.29, 1.82) is 0 Å². The van der Waals surface area contributed by atoms with Crippen molar-refractivity contribution in [3.63, 3.8) is 0 Å². The lowest BCUT2D eigenvalue weighted by molar-refractivity contribution is -0.121. The van der Waals surface area contributed by atoms with Crippen LogP contribution in [0.1, 0.15) is 17.9 Å². The number of nitrogens with one attached hydrogen (secondary N) is 1. The van der Waals surface area contributed by atoms with Crippen LogP contribution in [-0.4, -0.2) is 17.4 Å². The van der Waals surface area contributed by atoms with Crippen LogP contribution in [0.15, 0.2) is 89.3 Å². The van der Waals surface area contributed by atoms with E-state index in [1.54, 1.807) is 0 Å². The molecule has 0 aliphatic rings. The second kappa shape index (κ2) is 10.1. The van der Waals surface area contributed by atoms with Crippen LogP contribution >= 0.6 is 11.6 Å². The molecule has 1 heterocycles. The first-order valence-corrected chi connectivity index (χ1v) is 10.7. The Kier molecular flexibility index (Phi) is 6.80. The zero-order valence-corrected chi connectivity index (χ0v) is 17.8. The molecule has 1 amide bonds. The number of halogens is 1. The van der Waals surface area contributed by atoms with Crippen LogP contribution in [0.25, 0.3) is 22.6 Å². The number of benzene rings is 3. The van der Waals surface area contributed by atoms with Gasteiger partial charge in [-0.05, 0) is 24.1 Å². The molecule has 0 spiro atoms. The maximum Gasteiger partial charge on any atom is 0.220 e. The molecule has 0 saturated carbocycles. The number of carbonyl (C=O) groups is 1. The van der Waals surface area contributed by atoms with Crippen LogP contribution in [0.5, 0.6) is 0 Å². The van der Waals surface area contributed by atoms with Crippen LogP contribution in [0.3, 0.4) is 0 Å². The van der Waals surface area contributed by atoms with Crippen molar-refractivity contribution in [1.82, 2.24) is 10.3 Å². The lowest BCUT2D eigenvalue weighted by Crippen LogP contribution is -2.25. The van der Waals surface area contributed by atoms with Crippen LogP contribution in [-0.2, 0) is 17.6 Å². The SMILES string of the molecule is O=C(CCc1nc(-c2ccccc2)c(-c2ccccc2)o1)NCCc1ccc(Cl)cc1. The van der Waals surface area contributed by atoms with Crippen molar-refractivity contribution in [3.8, 4) is 22.6 Å². The fourth-order valence-electron chi connectivity index (χ4n) is 3.35. The highest BCUT2D eigenvalue weighted by Crippen LogP contribution is 2.32. The van der Waals surface area contributed by atoms with Crippen molar-refractivity contribution in [2.45, 2.75) is 19.3 Å². The molecule has 0 saturated heterocycles. The summed E-state index contributed by atoms with van der Waals surface area (Å²) in [5.74, 6) is 1.27. The van der Waals surface area contributed by atoms with E-state index in [1.807, 2.05) is 84.9 Å². The molecule has 0 aliphatic heterocycles. The van der Waals surface area contributed by atoms with Gasteiger partial charge < -0.3 is 9.73 Å². The largest absolute Gasteiger partial charge is 0.440 e. The Labute approximate surface area is 186 Å². The van der Waals surface area contributed by atoms with Gasteiger partial charge in [0.1, 0.15) is 5.69 Å². The Morgan fingerprint density at radius 3 is 2.16 bits per heavy atom. The van der Waals surface area contributed by atoms with E-state index < -0.39 is 0 Å². The molecule has 4 rings (SSSR count). The third kappa shape index (κ3) is 5.62. The molecule has 4 nitrogen and oxygen atoms in total. The van der Waals surface area contributed by atoms with Gasteiger partial charge in [0.25, 0.3) is 0 Å².